The fraction of sp³-hybridized carbons (Fsp3) is 0.576. The molecule has 234 valence electrons. The van der Waals surface area contributed by atoms with Gasteiger partial charge in [-0.3, -0.25) is 13.9 Å². The molecule has 0 aromatic heterocycles. The molecule has 7 nitrogen and oxygen atoms in total. The zero-order valence-electron chi connectivity index (χ0n) is 25.5. The van der Waals surface area contributed by atoms with Crippen LogP contribution >= 0.6 is 23.2 Å². The van der Waals surface area contributed by atoms with E-state index >= 15 is 0 Å². The number of sulfonamides is 1. The Hall–Kier alpha value is -2.29. The summed E-state index contributed by atoms with van der Waals surface area (Å²) < 4.78 is 27.3. The molecule has 0 saturated heterocycles. The van der Waals surface area contributed by atoms with Gasteiger partial charge in [0.2, 0.25) is 21.8 Å². The van der Waals surface area contributed by atoms with Crippen molar-refractivity contribution in [1.29, 1.82) is 0 Å². The summed E-state index contributed by atoms with van der Waals surface area (Å²) in [7, 11) is -3.82. The Morgan fingerprint density at radius 2 is 1.53 bits per heavy atom. The first-order valence-electron chi connectivity index (χ1n) is 15.3. The van der Waals surface area contributed by atoms with Crippen LogP contribution in [0.3, 0.4) is 0 Å². The van der Waals surface area contributed by atoms with Gasteiger partial charge in [0, 0.05) is 23.1 Å². The second-order valence-corrected chi connectivity index (χ2v) is 16.3. The Bertz CT molecular complexity index is 1430. The van der Waals surface area contributed by atoms with Gasteiger partial charge in [0.1, 0.15) is 12.6 Å². The van der Waals surface area contributed by atoms with Crippen molar-refractivity contribution < 1.29 is 18.0 Å². The van der Waals surface area contributed by atoms with Crippen molar-refractivity contribution in [3.8, 4) is 0 Å². The average molecular weight is 649 g/mol. The van der Waals surface area contributed by atoms with E-state index < -0.39 is 28.5 Å². The lowest BCUT2D eigenvalue weighted by molar-refractivity contribution is -0.139. The number of benzene rings is 2. The molecule has 4 aliphatic carbocycles. The molecule has 2 amide bonds. The van der Waals surface area contributed by atoms with Crippen LogP contribution in [0.15, 0.2) is 42.5 Å². The second-order valence-electron chi connectivity index (χ2n) is 13.6. The summed E-state index contributed by atoms with van der Waals surface area (Å²) in [5.74, 6) is 1.81. The molecular formula is C33H43Cl2N3O4S. The van der Waals surface area contributed by atoms with Gasteiger partial charge in [0.05, 0.1) is 11.9 Å². The molecule has 1 atom stereocenters. The fourth-order valence-corrected chi connectivity index (χ4v) is 9.25. The summed E-state index contributed by atoms with van der Waals surface area (Å²) in [6.07, 6.45) is 8.81. The summed E-state index contributed by atoms with van der Waals surface area (Å²) in [5, 5.41) is 3.70. The molecule has 4 aliphatic rings. The van der Waals surface area contributed by atoms with Crippen LogP contribution in [0.1, 0.15) is 70.4 Å². The quantitative estimate of drug-likeness (QED) is 0.305. The van der Waals surface area contributed by atoms with Crippen LogP contribution in [-0.4, -0.2) is 50.5 Å². The Balaban J connectivity index is 1.39. The normalized spacial score (nSPS) is 25.0. The van der Waals surface area contributed by atoms with Crippen LogP contribution in [-0.2, 0) is 31.6 Å². The minimum Gasteiger partial charge on any atom is -0.354 e. The number of rotatable bonds is 11. The lowest BCUT2D eigenvalue weighted by Crippen LogP contribution is -2.51. The van der Waals surface area contributed by atoms with Gasteiger partial charge < -0.3 is 10.2 Å². The summed E-state index contributed by atoms with van der Waals surface area (Å²) in [5.41, 5.74) is 2.51. The van der Waals surface area contributed by atoms with Gasteiger partial charge in [-0.05, 0) is 110 Å². The fourth-order valence-electron chi connectivity index (χ4n) is 7.93. The molecule has 10 heteroatoms. The van der Waals surface area contributed by atoms with Gasteiger partial charge in [-0.25, -0.2) is 8.42 Å². The van der Waals surface area contributed by atoms with Crippen molar-refractivity contribution in [2.75, 3.05) is 23.7 Å². The molecule has 0 radical (unpaired) electrons. The van der Waals surface area contributed by atoms with Gasteiger partial charge in [-0.1, -0.05) is 55.2 Å². The minimum absolute atomic E-state index is 0.0215. The van der Waals surface area contributed by atoms with Gasteiger partial charge in [-0.2, -0.15) is 0 Å². The van der Waals surface area contributed by atoms with Crippen molar-refractivity contribution >= 4 is 50.7 Å². The molecular weight excluding hydrogens is 605 g/mol. The first-order chi connectivity index (χ1) is 20.2. The zero-order valence-corrected chi connectivity index (χ0v) is 27.8. The van der Waals surface area contributed by atoms with E-state index in [0.717, 1.165) is 28.3 Å². The van der Waals surface area contributed by atoms with Gasteiger partial charge in [0.15, 0.2) is 0 Å². The van der Waals surface area contributed by atoms with E-state index in [9.17, 15) is 18.0 Å². The van der Waals surface area contributed by atoms with E-state index in [1.54, 1.807) is 25.1 Å². The highest BCUT2D eigenvalue weighted by Gasteiger charge is 2.51. The Kier molecular flexibility index (Phi) is 9.41. The summed E-state index contributed by atoms with van der Waals surface area (Å²) >= 11 is 12.5. The third kappa shape index (κ3) is 7.18. The summed E-state index contributed by atoms with van der Waals surface area (Å²) in [4.78, 5) is 28.4. The maximum atomic E-state index is 13.9. The van der Waals surface area contributed by atoms with Gasteiger partial charge in [0.25, 0.3) is 0 Å². The average Bonchev–Trinajstić information content (AvgIpc) is 2.92. The van der Waals surface area contributed by atoms with Crippen LogP contribution in [0.5, 0.6) is 0 Å². The standard InChI is InChI=1S/C33H43Cl2N3O4S/c1-21(2)18-36-32(40)22(3)37(19-26-5-8-28(34)14-30(26)35)31(39)20-38(43(4,41)42)29-9-6-27(7-10-29)33-15-23-11-24(16-33)13-25(12-23)17-33/h5-10,14,21-25H,11-13,15-20H2,1-4H3,(H,36,40). The van der Waals surface area contributed by atoms with Gasteiger partial charge in [-0.15, -0.1) is 0 Å². The van der Waals surface area contributed by atoms with Crippen molar-refractivity contribution in [2.45, 2.75) is 77.3 Å². The molecule has 4 saturated carbocycles. The number of halogens is 2. The number of anilines is 1. The molecule has 6 rings (SSSR count). The van der Waals surface area contributed by atoms with E-state index in [-0.39, 0.29) is 23.8 Å². The molecule has 0 heterocycles. The smallest absolute Gasteiger partial charge is 0.244 e. The first-order valence-corrected chi connectivity index (χ1v) is 17.9. The maximum Gasteiger partial charge on any atom is 0.244 e. The molecule has 4 fully saturated rings. The SMILES string of the molecule is CC(C)CNC(=O)C(C)N(Cc1ccc(Cl)cc1Cl)C(=O)CN(c1ccc(C23CC4CC(CC(C4)C2)C3)cc1)S(C)(=O)=O. The van der Waals surface area contributed by atoms with Crippen molar-refractivity contribution in [2.24, 2.45) is 23.7 Å². The molecule has 0 aliphatic heterocycles. The highest BCUT2D eigenvalue weighted by atomic mass is 35.5. The number of hydrogen-bond acceptors (Lipinski definition) is 4. The second kappa shape index (κ2) is 12.6. The molecule has 0 spiro atoms. The van der Waals surface area contributed by atoms with E-state index in [0.29, 0.717) is 27.8 Å². The van der Waals surface area contributed by atoms with E-state index in [1.807, 2.05) is 26.0 Å². The molecule has 43 heavy (non-hydrogen) atoms. The number of carbonyl (C=O) groups is 2. The number of carbonyl (C=O) groups excluding carboxylic acids is 2. The molecule has 4 bridgehead atoms. The van der Waals surface area contributed by atoms with Crippen LogP contribution in [0.4, 0.5) is 5.69 Å². The van der Waals surface area contributed by atoms with E-state index in [1.165, 1.54) is 49.0 Å². The zero-order chi connectivity index (χ0) is 31.1. The van der Waals surface area contributed by atoms with Crippen LogP contribution < -0.4 is 9.62 Å². The predicted molar refractivity (Wildman–Crippen MR) is 173 cm³/mol. The van der Waals surface area contributed by atoms with E-state index in [4.69, 9.17) is 23.2 Å². The summed E-state index contributed by atoms with van der Waals surface area (Å²) in [6, 6.07) is 11.9. The minimum atomic E-state index is -3.82. The van der Waals surface area contributed by atoms with Crippen LogP contribution in [0.25, 0.3) is 0 Å². The Labute approximate surface area is 266 Å². The lowest BCUT2D eigenvalue weighted by Gasteiger charge is -2.57. The highest BCUT2D eigenvalue weighted by molar-refractivity contribution is 7.92. The van der Waals surface area contributed by atoms with Crippen molar-refractivity contribution in [3.05, 3.63) is 63.6 Å². The number of hydrogen-bond donors (Lipinski definition) is 1. The molecule has 1 N–H and O–H groups in total. The van der Waals surface area contributed by atoms with E-state index in [2.05, 4.69) is 17.4 Å². The van der Waals surface area contributed by atoms with Gasteiger partial charge >= 0.3 is 0 Å². The van der Waals surface area contributed by atoms with Crippen molar-refractivity contribution in [1.82, 2.24) is 10.2 Å². The van der Waals surface area contributed by atoms with Crippen molar-refractivity contribution in [3.63, 3.8) is 0 Å². The largest absolute Gasteiger partial charge is 0.354 e. The number of nitrogens with one attached hydrogen (secondary N) is 1. The molecule has 2 aromatic rings. The predicted octanol–water partition coefficient (Wildman–Crippen LogP) is 6.42. The summed E-state index contributed by atoms with van der Waals surface area (Å²) in [6.45, 7) is 5.65. The molecule has 2 aromatic carbocycles. The third-order valence-electron chi connectivity index (χ3n) is 9.69. The number of nitrogens with zero attached hydrogens (tertiary/aromatic N) is 2. The maximum absolute atomic E-state index is 13.9. The monoisotopic (exact) mass is 647 g/mol. The molecule has 1 unspecified atom stereocenters. The van der Waals surface area contributed by atoms with Crippen LogP contribution in [0, 0.1) is 23.7 Å². The topological polar surface area (TPSA) is 86.8 Å². The lowest BCUT2D eigenvalue weighted by atomic mass is 9.48. The van der Waals surface area contributed by atoms with Crippen LogP contribution in [0.2, 0.25) is 10.0 Å². The first kappa shape index (κ1) is 32.1. The Morgan fingerprint density at radius 3 is 2.05 bits per heavy atom. The highest BCUT2D eigenvalue weighted by Crippen LogP contribution is 2.60. The number of amides is 2. The third-order valence-corrected chi connectivity index (χ3v) is 11.4. The Morgan fingerprint density at radius 1 is 0.953 bits per heavy atom.